The van der Waals surface area contributed by atoms with Crippen molar-refractivity contribution in [2.24, 2.45) is 7.05 Å². The highest BCUT2D eigenvalue weighted by Gasteiger charge is 2.12. The van der Waals surface area contributed by atoms with Crippen LogP contribution in [0.4, 0.5) is 0 Å². The minimum absolute atomic E-state index is 1.04. The second-order valence-electron chi connectivity index (χ2n) is 8.25. The maximum atomic E-state index is 3.34. The first-order valence-electron chi connectivity index (χ1n) is 10.6. The molecule has 0 aliphatic heterocycles. The second kappa shape index (κ2) is 6.76. The third-order valence-corrected chi connectivity index (χ3v) is 6.29. The fourth-order valence-corrected chi connectivity index (χ4v) is 4.67. The lowest BCUT2D eigenvalue weighted by atomic mass is 9.99. The molecule has 0 atom stereocenters. The van der Waals surface area contributed by atoms with E-state index >= 15 is 0 Å². The summed E-state index contributed by atoms with van der Waals surface area (Å²) in [5.41, 5.74) is 5.82. The molecule has 6 rings (SSSR count). The van der Waals surface area contributed by atoms with Crippen molar-refractivity contribution in [3.63, 3.8) is 0 Å². The van der Waals surface area contributed by atoms with Gasteiger partial charge in [-0.05, 0) is 47.3 Å². The van der Waals surface area contributed by atoms with E-state index in [-0.39, 0.29) is 0 Å². The van der Waals surface area contributed by atoms with E-state index < -0.39 is 0 Å². The lowest BCUT2D eigenvalue weighted by molar-refractivity contribution is 1.02. The van der Waals surface area contributed by atoms with Crippen LogP contribution in [0.5, 0.6) is 0 Å². The molecular weight excluding hydrogens is 374 g/mol. The standard InChI is InChI=1S/C30H21N/c1-20-7-9-21(10-8-20)11-12-22-13-15-26-28-18-17-25-24-6-4-3-5-23(24)14-16-27(25)30(28)31(2)29(26)19-22/h3-10,13-19H,1-2H3. The zero-order chi connectivity index (χ0) is 20.9. The Labute approximate surface area is 181 Å². The zero-order valence-electron chi connectivity index (χ0n) is 17.6. The molecule has 0 aliphatic rings. The maximum Gasteiger partial charge on any atom is 0.0568 e. The van der Waals surface area contributed by atoms with Gasteiger partial charge >= 0.3 is 0 Å². The van der Waals surface area contributed by atoms with Crippen LogP contribution in [-0.4, -0.2) is 4.57 Å². The summed E-state index contributed by atoms with van der Waals surface area (Å²) >= 11 is 0. The van der Waals surface area contributed by atoms with Gasteiger partial charge in [0, 0.05) is 34.3 Å². The Kier molecular flexibility index (Phi) is 3.88. The average Bonchev–Trinajstić information content (AvgIpc) is 3.10. The van der Waals surface area contributed by atoms with Gasteiger partial charge in [-0.2, -0.15) is 0 Å². The van der Waals surface area contributed by atoms with Crippen molar-refractivity contribution in [3.8, 4) is 11.8 Å². The molecule has 0 bridgehead atoms. The number of rotatable bonds is 0. The summed E-state index contributed by atoms with van der Waals surface area (Å²) in [5, 5.41) is 7.74. The van der Waals surface area contributed by atoms with Crippen molar-refractivity contribution in [1.29, 1.82) is 0 Å². The van der Waals surface area contributed by atoms with E-state index in [1.165, 1.54) is 48.9 Å². The predicted molar refractivity (Wildman–Crippen MR) is 133 cm³/mol. The first-order chi connectivity index (χ1) is 15.2. The number of benzene rings is 5. The molecule has 0 amide bonds. The number of hydrogen-bond acceptors (Lipinski definition) is 0. The number of nitrogens with zero attached hydrogens (tertiary/aromatic N) is 1. The highest BCUT2D eigenvalue weighted by Crippen LogP contribution is 2.36. The number of aromatic nitrogens is 1. The maximum absolute atomic E-state index is 3.34. The topological polar surface area (TPSA) is 4.93 Å². The van der Waals surface area contributed by atoms with Crippen LogP contribution < -0.4 is 0 Å². The fourth-order valence-electron chi connectivity index (χ4n) is 4.67. The minimum atomic E-state index is 1.04. The quantitative estimate of drug-likeness (QED) is 0.187. The summed E-state index contributed by atoms with van der Waals surface area (Å²) in [6.07, 6.45) is 0. The van der Waals surface area contributed by atoms with Crippen LogP contribution >= 0.6 is 0 Å². The van der Waals surface area contributed by atoms with Gasteiger partial charge in [0.1, 0.15) is 0 Å². The monoisotopic (exact) mass is 395 g/mol. The van der Waals surface area contributed by atoms with E-state index in [2.05, 4.69) is 121 Å². The summed E-state index contributed by atoms with van der Waals surface area (Å²) in [7, 11) is 2.16. The summed E-state index contributed by atoms with van der Waals surface area (Å²) in [4.78, 5) is 0. The predicted octanol–water partition coefficient (Wildman–Crippen LogP) is 7.35. The molecule has 0 fully saturated rings. The van der Waals surface area contributed by atoms with Crippen molar-refractivity contribution in [1.82, 2.24) is 4.57 Å². The Hall–Kier alpha value is -4.02. The van der Waals surface area contributed by atoms with Gasteiger partial charge in [0.25, 0.3) is 0 Å². The van der Waals surface area contributed by atoms with Crippen molar-refractivity contribution in [3.05, 3.63) is 108 Å². The van der Waals surface area contributed by atoms with E-state index in [1.54, 1.807) is 0 Å². The molecule has 6 aromatic rings. The van der Waals surface area contributed by atoms with Gasteiger partial charge < -0.3 is 4.57 Å². The number of fused-ring (bicyclic) bond motifs is 7. The normalized spacial score (nSPS) is 11.3. The summed E-state index contributed by atoms with van der Waals surface area (Å²) in [5.74, 6) is 6.64. The van der Waals surface area contributed by atoms with Gasteiger partial charge in [-0.3, -0.25) is 0 Å². The van der Waals surface area contributed by atoms with E-state index in [1.807, 2.05) is 0 Å². The van der Waals surface area contributed by atoms with Crippen LogP contribution in [0.25, 0.3) is 43.4 Å². The van der Waals surface area contributed by atoms with Crippen LogP contribution in [0.3, 0.4) is 0 Å². The number of aryl methyl sites for hydroxylation is 2. The van der Waals surface area contributed by atoms with Crippen LogP contribution in [0, 0.1) is 18.8 Å². The largest absolute Gasteiger partial charge is 0.343 e. The lowest BCUT2D eigenvalue weighted by Crippen LogP contribution is -1.89. The number of hydrogen-bond donors (Lipinski definition) is 0. The van der Waals surface area contributed by atoms with Crippen LogP contribution in [-0.2, 0) is 7.05 Å². The van der Waals surface area contributed by atoms with Gasteiger partial charge in [-0.15, -0.1) is 0 Å². The molecule has 0 saturated heterocycles. The van der Waals surface area contributed by atoms with Gasteiger partial charge in [0.15, 0.2) is 0 Å². The van der Waals surface area contributed by atoms with Crippen molar-refractivity contribution in [2.75, 3.05) is 0 Å². The summed E-state index contributed by atoms with van der Waals surface area (Å²) in [6.45, 7) is 2.09. The minimum Gasteiger partial charge on any atom is -0.343 e. The second-order valence-corrected chi connectivity index (χ2v) is 8.25. The molecule has 5 aromatic carbocycles. The smallest absolute Gasteiger partial charge is 0.0568 e. The summed E-state index contributed by atoms with van der Waals surface area (Å²) in [6, 6.07) is 32.6. The van der Waals surface area contributed by atoms with E-state index in [0.29, 0.717) is 0 Å². The molecule has 31 heavy (non-hydrogen) atoms. The van der Waals surface area contributed by atoms with Crippen molar-refractivity contribution >= 4 is 43.4 Å². The van der Waals surface area contributed by atoms with Crippen LogP contribution in [0.15, 0.2) is 91.0 Å². The molecule has 1 heteroatoms. The Bertz CT molecular complexity index is 1690. The van der Waals surface area contributed by atoms with E-state index in [0.717, 1.165) is 11.1 Å². The van der Waals surface area contributed by atoms with Crippen molar-refractivity contribution < 1.29 is 0 Å². The van der Waals surface area contributed by atoms with Crippen LogP contribution in [0.1, 0.15) is 16.7 Å². The van der Waals surface area contributed by atoms with Gasteiger partial charge in [0.05, 0.1) is 11.0 Å². The fraction of sp³-hybridized carbons (Fsp3) is 0.0667. The highest BCUT2D eigenvalue weighted by atomic mass is 14.9. The third-order valence-electron chi connectivity index (χ3n) is 6.29. The molecule has 0 N–H and O–H groups in total. The van der Waals surface area contributed by atoms with Gasteiger partial charge in [0.2, 0.25) is 0 Å². The molecule has 146 valence electrons. The van der Waals surface area contributed by atoms with E-state index in [4.69, 9.17) is 0 Å². The van der Waals surface area contributed by atoms with Crippen LogP contribution in [0.2, 0.25) is 0 Å². The van der Waals surface area contributed by atoms with Crippen molar-refractivity contribution in [2.45, 2.75) is 6.92 Å². The molecular formula is C30H21N. The SMILES string of the molecule is Cc1ccc(C#Cc2ccc3c4ccc5c6ccccc6ccc5c4n(C)c3c2)cc1. The first kappa shape index (κ1) is 17.8. The Balaban J connectivity index is 1.57. The Morgan fingerprint density at radius 3 is 2.10 bits per heavy atom. The molecule has 1 nitrogen and oxygen atoms in total. The molecule has 0 aliphatic carbocycles. The molecule has 0 saturated carbocycles. The van der Waals surface area contributed by atoms with Gasteiger partial charge in [-0.1, -0.05) is 84.1 Å². The first-order valence-corrected chi connectivity index (χ1v) is 10.6. The Morgan fingerprint density at radius 1 is 0.581 bits per heavy atom. The lowest BCUT2D eigenvalue weighted by Gasteiger charge is -2.07. The highest BCUT2D eigenvalue weighted by molar-refractivity contribution is 6.22. The molecule has 0 unspecified atom stereocenters. The van der Waals surface area contributed by atoms with E-state index in [9.17, 15) is 0 Å². The Morgan fingerprint density at radius 2 is 1.23 bits per heavy atom. The zero-order valence-corrected chi connectivity index (χ0v) is 17.6. The third kappa shape index (κ3) is 2.80. The molecule has 1 heterocycles. The molecule has 0 spiro atoms. The average molecular weight is 396 g/mol. The molecule has 1 aromatic heterocycles. The van der Waals surface area contributed by atoms with Gasteiger partial charge in [-0.25, -0.2) is 0 Å². The molecule has 0 radical (unpaired) electrons. The summed E-state index contributed by atoms with van der Waals surface area (Å²) < 4.78 is 2.32.